The number of ether oxygens (including phenoxy) is 4. The lowest BCUT2D eigenvalue weighted by Gasteiger charge is -2.57. The maximum atomic E-state index is 15.2. The Morgan fingerprint density at radius 2 is 1.35 bits per heavy atom. The van der Waals surface area contributed by atoms with Gasteiger partial charge in [-0.25, -0.2) is 4.79 Å². The largest absolute Gasteiger partial charge is 0.461 e. The molecule has 0 N–H and O–H groups in total. The number of carbonyl (C=O) groups is 6. The van der Waals surface area contributed by atoms with Crippen LogP contribution in [0, 0.1) is 39.9 Å². The predicted molar refractivity (Wildman–Crippen MR) is 150 cm³/mol. The number of fused-ring (bicyclic) bond motifs is 4. The van der Waals surface area contributed by atoms with Crippen LogP contribution < -0.4 is 0 Å². The molecule has 0 radical (unpaired) electrons. The molecule has 0 aromatic heterocycles. The number of ketones is 2. The third-order valence-electron chi connectivity index (χ3n) is 10.9. The van der Waals surface area contributed by atoms with E-state index in [0.29, 0.717) is 6.42 Å². The first kappa shape index (κ1) is 30.9. The zero-order chi connectivity index (χ0) is 31.9. The molecule has 10 heteroatoms. The van der Waals surface area contributed by atoms with Crippen molar-refractivity contribution in [1.82, 2.24) is 0 Å². The molecule has 0 unspecified atom stereocenters. The minimum atomic E-state index is -1.83. The van der Waals surface area contributed by atoms with E-state index in [-0.39, 0.29) is 17.8 Å². The van der Waals surface area contributed by atoms with Crippen molar-refractivity contribution in [3.63, 3.8) is 0 Å². The SMILES string of the molecule is CC(=O)O[C@@H]1[C@@H]2C(=O)[C@@]3(C)[C@H](OC(C)=O)[C@H]4[C@@H](OC(=O)c5ccccc5)[C@@H](C)C[C@]4(OC(C)=O)C(=O)[C@@]3(C)[C@@H]2CC1(C)C. The van der Waals surface area contributed by atoms with Gasteiger partial charge in [-0.15, -0.1) is 0 Å². The summed E-state index contributed by atoms with van der Waals surface area (Å²) in [6.45, 7) is 12.6. The number of rotatable bonds is 5. The van der Waals surface area contributed by atoms with Crippen molar-refractivity contribution in [1.29, 1.82) is 0 Å². The van der Waals surface area contributed by atoms with Gasteiger partial charge in [0.05, 0.1) is 22.8 Å². The first-order chi connectivity index (χ1) is 19.9. The van der Waals surface area contributed by atoms with Crippen LogP contribution in [0.4, 0.5) is 0 Å². The molecule has 10 atom stereocenters. The normalized spacial score (nSPS) is 40.6. The Balaban J connectivity index is 1.71. The Kier molecular flexibility index (Phi) is 7.18. The van der Waals surface area contributed by atoms with Gasteiger partial charge in [-0.2, -0.15) is 0 Å². The van der Waals surface area contributed by atoms with Crippen LogP contribution in [0.3, 0.4) is 0 Å². The van der Waals surface area contributed by atoms with E-state index in [2.05, 4.69) is 0 Å². The maximum absolute atomic E-state index is 15.2. The molecule has 43 heavy (non-hydrogen) atoms. The van der Waals surface area contributed by atoms with Gasteiger partial charge in [-0.05, 0) is 37.3 Å². The highest BCUT2D eigenvalue weighted by Gasteiger charge is 2.85. The van der Waals surface area contributed by atoms with Gasteiger partial charge < -0.3 is 18.9 Å². The Morgan fingerprint density at radius 1 is 0.767 bits per heavy atom. The average molecular weight is 597 g/mol. The summed E-state index contributed by atoms with van der Waals surface area (Å²) in [6, 6.07) is 8.31. The summed E-state index contributed by atoms with van der Waals surface area (Å²) >= 11 is 0. The lowest BCUT2D eigenvalue weighted by Crippen LogP contribution is -2.72. The van der Waals surface area contributed by atoms with Gasteiger partial charge in [-0.3, -0.25) is 24.0 Å². The summed E-state index contributed by atoms with van der Waals surface area (Å²) in [5.74, 6) is -6.55. The number of hydrogen-bond acceptors (Lipinski definition) is 10. The third kappa shape index (κ3) is 4.18. The minimum Gasteiger partial charge on any atom is -0.461 e. The van der Waals surface area contributed by atoms with Crippen molar-refractivity contribution in [3.8, 4) is 0 Å². The van der Waals surface area contributed by atoms with E-state index in [9.17, 15) is 24.0 Å². The standard InChI is InChI=1S/C33H40O10/c1-16-14-33(43-19(4)36)23(24(16)42-28(38)20-12-10-9-11-13-20)27(41-18(3)35)32(8)25(37)22-21(31(32,7)29(33)39)15-30(5,6)26(22)40-17(2)34/h9-13,16,21-24,26-27H,14-15H2,1-8H3/t16-,21+,22-,23+,24-,26+,27+,31+,32-,33+/m0/s1. The molecule has 4 aliphatic rings. The van der Waals surface area contributed by atoms with E-state index < -0.39 is 93.5 Å². The van der Waals surface area contributed by atoms with Crippen molar-refractivity contribution < 1.29 is 47.7 Å². The fourth-order valence-electron chi connectivity index (χ4n) is 9.18. The van der Waals surface area contributed by atoms with Crippen LogP contribution in [0.2, 0.25) is 0 Å². The van der Waals surface area contributed by atoms with E-state index in [1.807, 2.05) is 13.8 Å². The second kappa shape index (κ2) is 9.99. The Bertz CT molecular complexity index is 1400. The fraction of sp³-hybridized carbons (Fsp3) is 0.636. The molecule has 5 rings (SSSR count). The summed E-state index contributed by atoms with van der Waals surface area (Å²) < 4.78 is 23.8. The summed E-state index contributed by atoms with van der Waals surface area (Å²) in [4.78, 5) is 80.9. The molecule has 4 fully saturated rings. The Hall–Kier alpha value is -3.56. The molecule has 0 aliphatic heterocycles. The van der Waals surface area contributed by atoms with Gasteiger partial charge in [0, 0.05) is 38.0 Å². The number of Topliss-reactive ketones (excluding diaryl/α,β-unsaturated/α-hetero) is 2. The van der Waals surface area contributed by atoms with Gasteiger partial charge in [0.1, 0.15) is 18.3 Å². The fourth-order valence-corrected chi connectivity index (χ4v) is 9.18. The first-order valence-electron chi connectivity index (χ1n) is 14.8. The molecule has 0 saturated heterocycles. The van der Waals surface area contributed by atoms with Crippen molar-refractivity contribution in [2.45, 2.75) is 92.1 Å². The molecular weight excluding hydrogens is 556 g/mol. The Morgan fingerprint density at radius 3 is 1.91 bits per heavy atom. The number of carbonyl (C=O) groups excluding carboxylic acids is 6. The van der Waals surface area contributed by atoms with E-state index in [0.717, 1.165) is 0 Å². The monoisotopic (exact) mass is 596 g/mol. The van der Waals surface area contributed by atoms with Crippen LogP contribution in [0.25, 0.3) is 0 Å². The lowest BCUT2D eigenvalue weighted by atomic mass is 9.48. The summed E-state index contributed by atoms with van der Waals surface area (Å²) in [5, 5.41) is 0. The van der Waals surface area contributed by atoms with Crippen molar-refractivity contribution in [2.75, 3.05) is 0 Å². The first-order valence-corrected chi connectivity index (χ1v) is 14.8. The number of esters is 4. The maximum Gasteiger partial charge on any atom is 0.338 e. The highest BCUT2D eigenvalue weighted by atomic mass is 16.6. The number of benzene rings is 1. The van der Waals surface area contributed by atoms with Gasteiger partial charge >= 0.3 is 23.9 Å². The smallest absolute Gasteiger partial charge is 0.338 e. The van der Waals surface area contributed by atoms with Crippen LogP contribution in [0.5, 0.6) is 0 Å². The molecule has 4 saturated carbocycles. The number of hydrogen-bond donors (Lipinski definition) is 0. The van der Waals surface area contributed by atoms with Crippen molar-refractivity contribution >= 4 is 35.4 Å². The summed E-state index contributed by atoms with van der Waals surface area (Å²) in [5.41, 5.74) is -5.26. The van der Waals surface area contributed by atoms with E-state index in [4.69, 9.17) is 18.9 Å². The van der Waals surface area contributed by atoms with Crippen molar-refractivity contribution in [2.24, 2.45) is 39.9 Å². The van der Waals surface area contributed by atoms with Gasteiger partial charge in [0.15, 0.2) is 17.2 Å². The van der Waals surface area contributed by atoms with Crippen LogP contribution in [0.15, 0.2) is 30.3 Å². The molecule has 0 spiro atoms. The molecular formula is C33H40O10. The van der Waals surface area contributed by atoms with Crippen LogP contribution in [-0.2, 0) is 42.9 Å². The summed E-state index contributed by atoms with van der Waals surface area (Å²) in [6.07, 6.45) is -2.76. The Labute approximate surface area is 251 Å². The molecule has 232 valence electrons. The van der Waals surface area contributed by atoms with Crippen LogP contribution in [0.1, 0.15) is 78.6 Å². The van der Waals surface area contributed by atoms with Gasteiger partial charge in [0.25, 0.3) is 0 Å². The second-order valence-electron chi connectivity index (χ2n) is 13.9. The van der Waals surface area contributed by atoms with Gasteiger partial charge in [-0.1, -0.05) is 45.9 Å². The van der Waals surface area contributed by atoms with E-state index >= 15 is 4.79 Å². The van der Waals surface area contributed by atoms with Crippen LogP contribution >= 0.6 is 0 Å². The third-order valence-corrected chi connectivity index (χ3v) is 10.9. The molecule has 0 amide bonds. The average Bonchev–Trinajstić information content (AvgIpc) is 3.40. The molecule has 0 heterocycles. The molecule has 1 aromatic rings. The molecule has 0 bridgehead atoms. The molecule has 10 nitrogen and oxygen atoms in total. The zero-order valence-electron chi connectivity index (χ0n) is 25.9. The van der Waals surface area contributed by atoms with E-state index in [1.54, 1.807) is 51.1 Å². The van der Waals surface area contributed by atoms with Crippen molar-refractivity contribution in [3.05, 3.63) is 35.9 Å². The highest BCUT2D eigenvalue weighted by molar-refractivity contribution is 6.07. The zero-order valence-corrected chi connectivity index (χ0v) is 25.9. The quantitative estimate of drug-likeness (QED) is 0.363. The molecule has 4 aliphatic carbocycles. The lowest BCUT2D eigenvalue weighted by molar-refractivity contribution is -0.225. The molecule has 1 aromatic carbocycles. The van der Waals surface area contributed by atoms with E-state index in [1.165, 1.54) is 20.8 Å². The minimum absolute atomic E-state index is 0.00853. The highest BCUT2D eigenvalue weighted by Crippen LogP contribution is 2.73. The van der Waals surface area contributed by atoms with Crippen LogP contribution in [-0.4, -0.2) is 59.4 Å². The topological polar surface area (TPSA) is 139 Å². The predicted octanol–water partition coefficient (Wildman–Crippen LogP) is 3.87. The summed E-state index contributed by atoms with van der Waals surface area (Å²) in [7, 11) is 0. The second-order valence-corrected chi connectivity index (χ2v) is 13.9. The van der Waals surface area contributed by atoms with Gasteiger partial charge in [0.2, 0.25) is 0 Å².